The molecule has 1 aromatic heterocycles. The number of hydrogen-bond acceptors (Lipinski definition) is 4. The normalized spacial score (nSPS) is 20.8. The van der Waals surface area contributed by atoms with Crippen molar-refractivity contribution in [2.75, 3.05) is 7.11 Å². The lowest BCUT2D eigenvalue weighted by molar-refractivity contribution is -0.146. The standard InChI is InChI=1S/C11H11Cl2NO3/c1-16-9-3-2-7(5-14-9)6-17-10(15)8-4-11(8,12)13/h2-3,5,8H,4,6H2,1H3/t8-/m1/s1. The molecule has 1 atom stereocenters. The number of halogens is 2. The number of pyridine rings is 1. The van der Waals surface area contributed by atoms with Crippen molar-refractivity contribution in [3.05, 3.63) is 23.9 Å². The number of nitrogens with zero attached hydrogens (tertiary/aromatic N) is 1. The summed E-state index contributed by atoms with van der Waals surface area (Å²) in [7, 11) is 1.54. The van der Waals surface area contributed by atoms with E-state index in [4.69, 9.17) is 32.7 Å². The summed E-state index contributed by atoms with van der Waals surface area (Å²) in [5, 5.41) is 0. The van der Waals surface area contributed by atoms with Crippen LogP contribution in [0.5, 0.6) is 5.88 Å². The Morgan fingerprint density at radius 3 is 2.76 bits per heavy atom. The molecule has 17 heavy (non-hydrogen) atoms. The number of carbonyl (C=O) groups excluding carboxylic acids is 1. The average molecular weight is 276 g/mol. The Hall–Kier alpha value is -1.00. The van der Waals surface area contributed by atoms with Crippen molar-refractivity contribution in [1.82, 2.24) is 4.98 Å². The zero-order chi connectivity index (χ0) is 12.5. The Kier molecular flexibility index (Phi) is 3.45. The predicted octanol–water partition coefficient (Wildman–Crippen LogP) is 2.33. The van der Waals surface area contributed by atoms with E-state index >= 15 is 0 Å². The number of methoxy groups -OCH3 is 1. The number of hydrogen-bond donors (Lipinski definition) is 0. The highest BCUT2D eigenvalue weighted by Gasteiger charge is 2.57. The van der Waals surface area contributed by atoms with E-state index in [1.807, 2.05) is 0 Å². The zero-order valence-corrected chi connectivity index (χ0v) is 10.7. The molecule has 4 nitrogen and oxygen atoms in total. The van der Waals surface area contributed by atoms with Gasteiger partial charge in [-0.1, -0.05) is 0 Å². The molecule has 0 N–H and O–H groups in total. The second-order valence-corrected chi connectivity index (χ2v) is 5.38. The highest BCUT2D eigenvalue weighted by Crippen LogP contribution is 2.53. The van der Waals surface area contributed by atoms with E-state index in [1.54, 1.807) is 18.3 Å². The molecular formula is C11H11Cl2NO3. The SMILES string of the molecule is COc1ccc(COC(=O)[C@H]2CC2(Cl)Cl)cn1. The van der Waals surface area contributed by atoms with Crippen LogP contribution in [0.15, 0.2) is 18.3 Å². The summed E-state index contributed by atoms with van der Waals surface area (Å²) in [6.45, 7) is 0.163. The van der Waals surface area contributed by atoms with Crippen molar-refractivity contribution in [2.24, 2.45) is 5.92 Å². The minimum Gasteiger partial charge on any atom is -0.481 e. The van der Waals surface area contributed by atoms with E-state index in [2.05, 4.69) is 4.98 Å². The topological polar surface area (TPSA) is 48.4 Å². The van der Waals surface area contributed by atoms with E-state index < -0.39 is 10.3 Å². The molecule has 6 heteroatoms. The Bertz CT molecular complexity index is 419. The van der Waals surface area contributed by atoms with Crippen LogP contribution in [0.4, 0.5) is 0 Å². The van der Waals surface area contributed by atoms with Gasteiger partial charge in [0.2, 0.25) is 5.88 Å². The van der Waals surface area contributed by atoms with Gasteiger partial charge >= 0.3 is 5.97 Å². The molecule has 0 saturated heterocycles. The second-order valence-electron chi connectivity index (χ2n) is 3.83. The molecule has 0 radical (unpaired) electrons. The Morgan fingerprint density at radius 2 is 2.29 bits per heavy atom. The van der Waals surface area contributed by atoms with Crippen LogP contribution in [0.25, 0.3) is 0 Å². The molecule has 1 aliphatic rings. The van der Waals surface area contributed by atoms with E-state index in [0.29, 0.717) is 12.3 Å². The Morgan fingerprint density at radius 1 is 1.59 bits per heavy atom. The van der Waals surface area contributed by atoms with Gasteiger partial charge in [-0.3, -0.25) is 4.79 Å². The van der Waals surface area contributed by atoms with Crippen LogP contribution in [-0.4, -0.2) is 22.4 Å². The number of ether oxygens (including phenoxy) is 2. The first-order valence-electron chi connectivity index (χ1n) is 5.06. The van der Waals surface area contributed by atoms with E-state index in [0.717, 1.165) is 5.56 Å². The fraction of sp³-hybridized carbons (Fsp3) is 0.455. The van der Waals surface area contributed by atoms with Crippen molar-refractivity contribution in [1.29, 1.82) is 0 Å². The summed E-state index contributed by atoms with van der Waals surface area (Å²) in [5.41, 5.74) is 0.787. The first-order chi connectivity index (χ1) is 8.03. The number of carbonyl (C=O) groups is 1. The molecule has 1 aromatic rings. The van der Waals surface area contributed by atoms with Crippen LogP contribution in [0.3, 0.4) is 0 Å². The van der Waals surface area contributed by atoms with Crippen LogP contribution in [0.1, 0.15) is 12.0 Å². The number of alkyl halides is 2. The van der Waals surface area contributed by atoms with Gasteiger partial charge in [-0.15, -0.1) is 23.2 Å². The fourth-order valence-corrected chi connectivity index (χ4v) is 1.83. The quantitative estimate of drug-likeness (QED) is 0.625. The first kappa shape index (κ1) is 12.5. The molecular weight excluding hydrogens is 265 g/mol. The fourth-order valence-electron chi connectivity index (χ4n) is 1.34. The molecule has 0 amide bonds. The van der Waals surface area contributed by atoms with E-state index in [9.17, 15) is 4.79 Å². The largest absolute Gasteiger partial charge is 0.481 e. The summed E-state index contributed by atoms with van der Waals surface area (Å²) in [5.74, 6) is -0.259. The van der Waals surface area contributed by atoms with Gasteiger partial charge < -0.3 is 9.47 Å². The van der Waals surface area contributed by atoms with Gasteiger partial charge in [0.05, 0.1) is 13.0 Å². The van der Waals surface area contributed by atoms with Gasteiger partial charge in [-0.2, -0.15) is 0 Å². The average Bonchev–Trinajstić information content (AvgIpc) is 2.96. The maximum absolute atomic E-state index is 11.5. The predicted molar refractivity (Wildman–Crippen MR) is 63.1 cm³/mol. The molecule has 1 aliphatic carbocycles. The highest BCUT2D eigenvalue weighted by molar-refractivity contribution is 6.52. The van der Waals surface area contributed by atoms with Crippen molar-refractivity contribution in [2.45, 2.75) is 17.4 Å². The van der Waals surface area contributed by atoms with Gasteiger partial charge in [-0.25, -0.2) is 4.98 Å². The summed E-state index contributed by atoms with van der Waals surface area (Å²) in [6, 6.07) is 3.48. The molecule has 1 saturated carbocycles. The number of esters is 1. The van der Waals surface area contributed by atoms with Crippen molar-refractivity contribution in [3.63, 3.8) is 0 Å². The van der Waals surface area contributed by atoms with Crippen LogP contribution < -0.4 is 4.74 Å². The van der Waals surface area contributed by atoms with Crippen molar-refractivity contribution in [3.8, 4) is 5.88 Å². The van der Waals surface area contributed by atoms with Crippen LogP contribution in [-0.2, 0) is 16.1 Å². The number of rotatable bonds is 4. The van der Waals surface area contributed by atoms with Crippen LogP contribution >= 0.6 is 23.2 Å². The molecule has 0 spiro atoms. The summed E-state index contributed by atoms with van der Waals surface area (Å²) >= 11 is 11.5. The molecule has 2 rings (SSSR count). The second kappa shape index (κ2) is 4.70. The van der Waals surface area contributed by atoms with Crippen molar-refractivity contribution < 1.29 is 14.3 Å². The first-order valence-corrected chi connectivity index (χ1v) is 5.82. The molecule has 0 aliphatic heterocycles. The minimum atomic E-state index is -0.935. The highest BCUT2D eigenvalue weighted by atomic mass is 35.5. The lowest BCUT2D eigenvalue weighted by Gasteiger charge is -2.05. The lowest BCUT2D eigenvalue weighted by Crippen LogP contribution is -2.10. The van der Waals surface area contributed by atoms with Gasteiger partial charge in [-0.05, 0) is 12.5 Å². The van der Waals surface area contributed by atoms with Gasteiger partial charge in [0.1, 0.15) is 10.9 Å². The molecule has 0 unspecified atom stereocenters. The molecule has 1 heterocycles. The third kappa shape index (κ3) is 3.01. The van der Waals surface area contributed by atoms with Crippen LogP contribution in [0.2, 0.25) is 0 Å². The lowest BCUT2D eigenvalue weighted by atomic mass is 10.3. The molecule has 0 aromatic carbocycles. The third-order valence-electron chi connectivity index (χ3n) is 2.50. The maximum atomic E-state index is 11.5. The monoisotopic (exact) mass is 275 g/mol. The molecule has 1 fully saturated rings. The van der Waals surface area contributed by atoms with E-state index in [-0.39, 0.29) is 12.6 Å². The summed E-state index contributed by atoms with van der Waals surface area (Å²) in [6.07, 6.45) is 2.05. The summed E-state index contributed by atoms with van der Waals surface area (Å²) < 4.78 is 9.05. The van der Waals surface area contributed by atoms with Gasteiger partial charge in [0.25, 0.3) is 0 Å². The van der Waals surface area contributed by atoms with Crippen molar-refractivity contribution >= 4 is 29.2 Å². The Balaban J connectivity index is 1.83. The smallest absolute Gasteiger partial charge is 0.312 e. The summed E-state index contributed by atoms with van der Waals surface area (Å²) in [4.78, 5) is 15.5. The maximum Gasteiger partial charge on any atom is 0.312 e. The zero-order valence-electron chi connectivity index (χ0n) is 9.15. The van der Waals surface area contributed by atoms with Crippen LogP contribution in [0, 0.1) is 5.92 Å². The molecule has 92 valence electrons. The number of aromatic nitrogens is 1. The van der Waals surface area contributed by atoms with Gasteiger partial charge in [0, 0.05) is 17.8 Å². The third-order valence-corrected chi connectivity index (χ3v) is 3.33. The minimum absolute atomic E-state index is 0.163. The van der Waals surface area contributed by atoms with Gasteiger partial charge in [0.15, 0.2) is 0 Å². The molecule has 0 bridgehead atoms. The Labute approximate surface area is 109 Å². The van der Waals surface area contributed by atoms with E-state index in [1.165, 1.54) is 7.11 Å².